The van der Waals surface area contributed by atoms with E-state index in [0.29, 0.717) is 28.0 Å². The number of nitrogens with zero attached hydrogens (tertiary/aromatic N) is 1. The molecule has 29 heavy (non-hydrogen) atoms. The fourth-order valence-electron chi connectivity index (χ4n) is 3.25. The lowest BCUT2D eigenvalue weighted by molar-refractivity contribution is -0.116. The molecule has 7 nitrogen and oxygen atoms in total. The Balaban J connectivity index is 1.43. The van der Waals surface area contributed by atoms with Crippen molar-refractivity contribution in [1.29, 1.82) is 0 Å². The van der Waals surface area contributed by atoms with Gasteiger partial charge in [-0.1, -0.05) is 30.9 Å². The monoisotopic (exact) mass is 436 g/mol. The zero-order valence-corrected chi connectivity index (χ0v) is 17.9. The molecule has 1 aliphatic rings. The van der Waals surface area contributed by atoms with Gasteiger partial charge < -0.3 is 15.4 Å². The molecule has 9 heteroatoms. The number of thiazole rings is 1. The van der Waals surface area contributed by atoms with E-state index in [1.165, 1.54) is 24.9 Å². The third-order valence-electron chi connectivity index (χ3n) is 4.76. The van der Waals surface area contributed by atoms with Gasteiger partial charge in [-0.25, -0.2) is 9.78 Å². The summed E-state index contributed by atoms with van der Waals surface area (Å²) < 4.78 is 5.10. The van der Waals surface area contributed by atoms with Gasteiger partial charge in [0.25, 0.3) is 0 Å². The van der Waals surface area contributed by atoms with Gasteiger partial charge in [0.2, 0.25) is 5.91 Å². The molecule has 3 amide bonds. The predicted octanol–water partition coefficient (Wildman–Crippen LogP) is 4.83. The molecule has 1 saturated carbocycles. The molecule has 0 spiro atoms. The lowest BCUT2D eigenvalue weighted by Crippen LogP contribution is -2.38. The van der Waals surface area contributed by atoms with Crippen molar-refractivity contribution < 1.29 is 14.3 Å². The van der Waals surface area contributed by atoms with Gasteiger partial charge >= 0.3 is 6.03 Å². The fourth-order valence-corrected chi connectivity index (χ4v) is 4.25. The molecule has 2 aromatic rings. The van der Waals surface area contributed by atoms with Crippen molar-refractivity contribution in [2.24, 2.45) is 0 Å². The summed E-state index contributed by atoms with van der Waals surface area (Å²) in [6, 6.07) is 5.12. The largest absolute Gasteiger partial charge is 0.495 e. The van der Waals surface area contributed by atoms with Gasteiger partial charge in [0.05, 0.1) is 17.8 Å². The van der Waals surface area contributed by atoms with Crippen LogP contribution < -0.4 is 20.7 Å². The summed E-state index contributed by atoms with van der Waals surface area (Å²) in [6.45, 7) is 0. The second-order valence-corrected chi connectivity index (χ2v) is 8.24. The van der Waals surface area contributed by atoms with E-state index >= 15 is 0 Å². The smallest absolute Gasteiger partial charge is 0.321 e. The number of aromatic nitrogens is 1. The topological polar surface area (TPSA) is 92.4 Å². The number of carbonyl (C=O) groups excluding carboxylic acids is 2. The summed E-state index contributed by atoms with van der Waals surface area (Å²) in [5.41, 5.74) is 1.38. The predicted molar refractivity (Wildman–Crippen MR) is 116 cm³/mol. The normalized spacial score (nSPS) is 14.3. The Bertz CT molecular complexity index is 852. The average molecular weight is 437 g/mol. The van der Waals surface area contributed by atoms with Crippen LogP contribution in [0.15, 0.2) is 23.6 Å². The quantitative estimate of drug-likeness (QED) is 0.579. The zero-order valence-electron chi connectivity index (χ0n) is 16.3. The molecule has 0 atom stereocenters. The first-order chi connectivity index (χ1) is 14.0. The molecule has 0 aliphatic heterocycles. The van der Waals surface area contributed by atoms with Gasteiger partial charge in [-0.2, -0.15) is 0 Å². The summed E-state index contributed by atoms with van der Waals surface area (Å²) in [4.78, 5) is 28.6. The summed E-state index contributed by atoms with van der Waals surface area (Å²) in [7, 11) is 1.54. The molecule has 0 saturated heterocycles. The molecule has 156 valence electrons. The number of ether oxygens (including phenoxy) is 1. The molecule has 3 N–H and O–H groups in total. The van der Waals surface area contributed by atoms with Crippen LogP contribution >= 0.6 is 22.9 Å². The zero-order chi connectivity index (χ0) is 20.6. The molecule has 1 aromatic heterocycles. The van der Waals surface area contributed by atoms with Gasteiger partial charge in [-0.15, -0.1) is 11.3 Å². The van der Waals surface area contributed by atoms with Crippen LogP contribution in [0.4, 0.5) is 15.6 Å². The highest BCUT2D eigenvalue weighted by Crippen LogP contribution is 2.27. The molecule has 1 fully saturated rings. The lowest BCUT2D eigenvalue weighted by Gasteiger charge is -2.22. The van der Waals surface area contributed by atoms with Crippen LogP contribution in [0.2, 0.25) is 5.02 Å². The molecular formula is C20H25ClN4O3S. The highest BCUT2D eigenvalue weighted by Gasteiger charge is 2.16. The van der Waals surface area contributed by atoms with Gasteiger partial charge in [0.15, 0.2) is 5.13 Å². The number of urea groups is 1. The minimum Gasteiger partial charge on any atom is -0.495 e. The van der Waals surface area contributed by atoms with Crippen LogP contribution in [0.3, 0.4) is 0 Å². The van der Waals surface area contributed by atoms with Crippen molar-refractivity contribution in [2.45, 2.75) is 51.0 Å². The van der Waals surface area contributed by atoms with Crippen molar-refractivity contribution in [1.82, 2.24) is 10.3 Å². The van der Waals surface area contributed by atoms with Crippen LogP contribution in [-0.2, 0) is 11.2 Å². The fraction of sp³-hybridized carbons (Fsp3) is 0.450. The van der Waals surface area contributed by atoms with E-state index < -0.39 is 0 Å². The molecule has 1 aliphatic carbocycles. The van der Waals surface area contributed by atoms with Crippen molar-refractivity contribution in [2.75, 3.05) is 17.7 Å². The van der Waals surface area contributed by atoms with Crippen LogP contribution in [-0.4, -0.2) is 30.1 Å². The minimum absolute atomic E-state index is 0.135. The van der Waals surface area contributed by atoms with E-state index in [9.17, 15) is 9.59 Å². The molecule has 0 radical (unpaired) electrons. The Labute approximate surface area is 179 Å². The summed E-state index contributed by atoms with van der Waals surface area (Å²) >= 11 is 7.42. The first kappa shape index (κ1) is 21.4. The second-order valence-electron chi connectivity index (χ2n) is 6.97. The number of rotatable bonds is 7. The molecule has 0 bridgehead atoms. The first-order valence-corrected chi connectivity index (χ1v) is 10.9. The number of hydrogen-bond donors (Lipinski definition) is 3. The van der Waals surface area contributed by atoms with Gasteiger partial charge in [-0.3, -0.25) is 10.1 Å². The minimum atomic E-state index is -0.216. The summed E-state index contributed by atoms with van der Waals surface area (Å²) in [6.07, 6.45) is 6.40. The van der Waals surface area contributed by atoms with E-state index in [-0.39, 0.29) is 24.4 Å². The number of aryl methyl sites for hydroxylation is 1. The molecule has 1 heterocycles. The van der Waals surface area contributed by atoms with Gasteiger partial charge in [0, 0.05) is 23.5 Å². The summed E-state index contributed by atoms with van der Waals surface area (Å²) in [5, 5.41) is 11.4. The van der Waals surface area contributed by atoms with Crippen molar-refractivity contribution >= 4 is 45.7 Å². The number of carbonyl (C=O) groups is 2. The van der Waals surface area contributed by atoms with Crippen molar-refractivity contribution in [3.63, 3.8) is 0 Å². The Morgan fingerprint density at radius 3 is 2.76 bits per heavy atom. The highest BCUT2D eigenvalue weighted by atomic mass is 35.5. The number of halogens is 1. The molecule has 1 aromatic carbocycles. The van der Waals surface area contributed by atoms with Crippen LogP contribution in [0.1, 0.15) is 44.2 Å². The van der Waals surface area contributed by atoms with E-state index in [2.05, 4.69) is 20.9 Å². The Morgan fingerprint density at radius 1 is 1.24 bits per heavy atom. The second kappa shape index (κ2) is 10.5. The standard InChI is InChI=1S/C20H25ClN4O3S/c1-28-17-9-7-14(11-16(17)21)22-18(26)10-8-15-12-29-20(24-15)25-19(27)23-13-5-3-2-4-6-13/h7,9,11-13H,2-6,8,10H2,1H3,(H,22,26)(H2,23,24,25,27). The van der Waals surface area contributed by atoms with Gasteiger partial charge in [-0.05, 0) is 37.5 Å². The maximum Gasteiger partial charge on any atom is 0.321 e. The van der Waals surface area contributed by atoms with E-state index in [0.717, 1.165) is 31.4 Å². The average Bonchev–Trinajstić information content (AvgIpc) is 3.14. The SMILES string of the molecule is COc1ccc(NC(=O)CCc2csc(NC(=O)NC3CCCCC3)n2)cc1Cl. The number of amides is 3. The molecule has 3 rings (SSSR count). The van der Waals surface area contributed by atoms with Gasteiger partial charge in [0.1, 0.15) is 5.75 Å². The Morgan fingerprint density at radius 2 is 2.03 bits per heavy atom. The van der Waals surface area contributed by atoms with Crippen LogP contribution in [0.5, 0.6) is 5.75 Å². The van der Waals surface area contributed by atoms with E-state index in [1.54, 1.807) is 18.2 Å². The number of anilines is 2. The number of methoxy groups -OCH3 is 1. The van der Waals surface area contributed by atoms with Crippen molar-refractivity contribution in [3.8, 4) is 5.75 Å². The third-order valence-corrected chi connectivity index (χ3v) is 5.86. The number of nitrogens with one attached hydrogen (secondary N) is 3. The number of hydrogen-bond acceptors (Lipinski definition) is 5. The Hall–Kier alpha value is -2.32. The van der Waals surface area contributed by atoms with Crippen LogP contribution in [0, 0.1) is 0 Å². The Kier molecular flexibility index (Phi) is 7.71. The first-order valence-electron chi connectivity index (χ1n) is 9.69. The molecular weight excluding hydrogens is 412 g/mol. The van der Waals surface area contributed by atoms with E-state index in [4.69, 9.17) is 16.3 Å². The summed E-state index contributed by atoms with van der Waals surface area (Å²) in [5.74, 6) is 0.420. The highest BCUT2D eigenvalue weighted by molar-refractivity contribution is 7.13. The maximum atomic E-state index is 12.2. The van der Waals surface area contributed by atoms with Crippen molar-refractivity contribution in [3.05, 3.63) is 34.3 Å². The lowest BCUT2D eigenvalue weighted by atomic mass is 9.96. The third kappa shape index (κ3) is 6.61. The van der Waals surface area contributed by atoms with Crippen LogP contribution in [0.25, 0.3) is 0 Å². The number of benzene rings is 1. The molecule has 0 unspecified atom stereocenters. The maximum absolute atomic E-state index is 12.2. The van der Waals surface area contributed by atoms with E-state index in [1.807, 2.05) is 5.38 Å².